The highest BCUT2D eigenvalue weighted by Crippen LogP contribution is 2.13. The number of hydrogen-bond acceptors (Lipinski definition) is 4. The maximum absolute atomic E-state index is 12.6. The van der Waals surface area contributed by atoms with E-state index in [2.05, 4.69) is 5.32 Å². The van der Waals surface area contributed by atoms with Gasteiger partial charge in [0.05, 0.1) is 0 Å². The predicted molar refractivity (Wildman–Crippen MR) is 103 cm³/mol. The summed E-state index contributed by atoms with van der Waals surface area (Å²) in [4.78, 5) is 39.3. The molecule has 0 unspecified atom stereocenters. The highest BCUT2D eigenvalue weighted by Gasteiger charge is 2.31. The molecule has 6 heteroatoms. The molecule has 1 saturated heterocycles. The molecule has 1 aromatic carbocycles. The molecule has 0 radical (unpaired) electrons. The molecule has 0 aliphatic carbocycles. The van der Waals surface area contributed by atoms with Crippen LogP contribution in [0.5, 0.6) is 0 Å². The quantitative estimate of drug-likeness (QED) is 0.777. The highest BCUT2D eigenvalue weighted by molar-refractivity contribution is 5.97. The lowest BCUT2D eigenvalue weighted by atomic mass is 10.0. The van der Waals surface area contributed by atoms with Crippen molar-refractivity contribution in [2.24, 2.45) is 5.92 Å². The van der Waals surface area contributed by atoms with E-state index in [1.165, 1.54) is 0 Å². The van der Waals surface area contributed by atoms with Crippen LogP contribution in [0.3, 0.4) is 0 Å². The third kappa shape index (κ3) is 6.08. The molecule has 1 aliphatic heterocycles. The monoisotopic (exact) mass is 374 g/mol. The Morgan fingerprint density at radius 2 is 1.56 bits per heavy atom. The zero-order chi connectivity index (χ0) is 19.8. The second-order valence-electron chi connectivity index (χ2n) is 7.38. The maximum atomic E-state index is 12.6. The third-order valence-electron chi connectivity index (χ3n) is 4.80. The lowest BCUT2D eigenvalue weighted by Gasteiger charge is -2.26. The standard InChI is InChI=1S/C21H30N2O4/c1-15(2)18(22-19(24)17-11-7-6-8-12-17)21(26)27-16(3)20(25)23-13-9-4-5-10-14-23/h6-8,11-12,15-16,18H,4-5,9-10,13-14H2,1-3H3,(H,22,24)/t16-,18+/m1/s1. The van der Waals surface area contributed by atoms with Gasteiger partial charge in [0.1, 0.15) is 6.04 Å². The molecule has 0 spiro atoms. The first-order chi connectivity index (χ1) is 12.9. The van der Waals surface area contributed by atoms with Crippen LogP contribution >= 0.6 is 0 Å². The molecule has 1 fully saturated rings. The molecule has 1 aromatic rings. The van der Waals surface area contributed by atoms with Crippen LogP contribution in [0, 0.1) is 5.92 Å². The van der Waals surface area contributed by atoms with Crippen molar-refractivity contribution in [3.05, 3.63) is 35.9 Å². The number of rotatable bonds is 6. The molecule has 2 rings (SSSR count). The lowest BCUT2D eigenvalue weighted by molar-refractivity contribution is -0.161. The first-order valence-corrected chi connectivity index (χ1v) is 9.75. The van der Waals surface area contributed by atoms with Gasteiger partial charge in [0.2, 0.25) is 0 Å². The normalized spacial score (nSPS) is 17.0. The molecule has 6 nitrogen and oxygen atoms in total. The topological polar surface area (TPSA) is 75.7 Å². The number of carbonyl (C=O) groups excluding carboxylic acids is 3. The van der Waals surface area contributed by atoms with Crippen molar-refractivity contribution in [1.29, 1.82) is 0 Å². The second kappa shape index (κ2) is 10.1. The fourth-order valence-corrected chi connectivity index (χ4v) is 3.16. The van der Waals surface area contributed by atoms with Gasteiger partial charge in [0.15, 0.2) is 6.10 Å². The summed E-state index contributed by atoms with van der Waals surface area (Å²) in [6.45, 7) is 6.68. The number of nitrogens with one attached hydrogen (secondary N) is 1. The summed E-state index contributed by atoms with van der Waals surface area (Å²) in [7, 11) is 0. The minimum Gasteiger partial charge on any atom is -0.451 e. The minimum absolute atomic E-state index is 0.161. The van der Waals surface area contributed by atoms with E-state index >= 15 is 0 Å². The van der Waals surface area contributed by atoms with E-state index in [4.69, 9.17) is 4.74 Å². The van der Waals surface area contributed by atoms with Crippen molar-refractivity contribution < 1.29 is 19.1 Å². The fraction of sp³-hybridized carbons (Fsp3) is 0.571. The average Bonchev–Trinajstić information content (AvgIpc) is 2.95. The number of likely N-dealkylation sites (tertiary alicyclic amines) is 1. The Labute approximate surface area is 161 Å². The molecule has 0 aromatic heterocycles. The molecule has 2 atom stereocenters. The number of carbonyl (C=O) groups is 3. The van der Waals surface area contributed by atoms with Crippen molar-refractivity contribution in [1.82, 2.24) is 10.2 Å². The molecule has 2 amide bonds. The van der Waals surface area contributed by atoms with Crippen molar-refractivity contribution in [2.75, 3.05) is 13.1 Å². The number of benzene rings is 1. The summed E-state index contributed by atoms with van der Waals surface area (Å²) in [5.74, 6) is -1.24. The average molecular weight is 374 g/mol. The van der Waals surface area contributed by atoms with Crippen LogP contribution in [-0.4, -0.2) is 47.9 Å². The van der Waals surface area contributed by atoms with E-state index in [0.717, 1.165) is 25.7 Å². The molecular formula is C21H30N2O4. The van der Waals surface area contributed by atoms with E-state index in [-0.39, 0.29) is 17.7 Å². The smallest absolute Gasteiger partial charge is 0.329 e. The van der Waals surface area contributed by atoms with E-state index in [1.54, 1.807) is 36.1 Å². The summed E-state index contributed by atoms with van der Waals surface area (Å²) in [6.07, 6.45) is 3.35. The second-order valence-corrected chi connectivity index (χ2v) is 7.38. The van der Waals surface area contributed by atoms with Crippen LogP contribution in [0.15, 0.2) is 30.3 Å². The maximum Gasteiger partial charge on any atom is 0.329 e. The van der Waals surface area contributed by atoms with Crippen LogP contribution in [0.2, 0.25) is 0 Å². The van der Waals surface area contributed by atoms with Gasteiger partial charge in [-0.15, -0.1) is 0 Å². The number of amides is 2. The van der Waals surface area contributed by atoms with Crippen molar-refractivity contribution in [3.8, 4) is 0 Å². The summed E-state index contributed by atoms with van der Waals surface area (Å²) < 4.78 is 5.42. The van der Waals surface area contributed by atoms with Crippen molar-refractivity contribution in [3.63, 3.8) is 0 Å². The third-order valence-corrected chi connectivity index (χ3v) is 4.80. The Morgan fingerprint density at radius 3 is 2.11 bits per heavy atom. The molecule has 1 aliphatic rings. The number of ether oxygens (including phenoxy) is 1. The lowest BCUT2D eigenvalue weighted by Crippen LogP contribution is -2.48. The molecular weight excluding hydrogens is 344 g/mol. The Hall–Kier alpha value is -2.37. The molecule has 1 N–H and O–H groups in total. The van der Waals surface area contributed by atoms with Gasteiger partial charge in [0.25, 0.3) is 11.8 Å². The zero-order valence-corrected chi connectivity index (χ0v) is 16.4. The van der Waals surface area contributed by atoms with Crippen LogP contribution in [0.1, 0.15) is 56.8 Å². The van der Waals surface area contributed by atoms with E-state index in [1.807, 2.05) is 19.9 Å². The van der Waals surface area contributed by atoms with Gasteiger partial charge in [-0.2, -0.15) is 0 Å². The van der Waals surface area contributed by atoms with Gasteiger partial charge < -0.3 is 15.0 Å². The van der Waals surface area contributed by atoms with Crippen molar-refractivity contribution >= 4 is 17.8 Å². The molecule has 148 valence electrons. The van der Waals surface area contributed by atoms with Gasteiger partial charge in [-0.3, -0.25) is 9.59 Å². The van der Waals surface area contributed by atoms with Crippen LogP contribution in [-0.2, 0) is 14.3 Å². The number of nitrogens with zero attached hydrogens (tertiary/aromatic N) is 1. The summed E-state index contributed by atoms with van der Waals surface area (Å²) >= 11 is 0. The highest BCUT2D eigenvalue weighted by atomic mass is 16.5. The molecule has 27 heavy (non-hydrogen) atoms. The zero-order valence-electron chi connectivity index (χ0n) is 16.4. The van der Waals surface area contributed by atoms with Crippen molar-refractivity contribution in [2.45, 2.75) is 58.6 Å². The van der Waals surface area contributed by atoms with Gasteiger partial charge in [-0.25, -0.2) is 4.79 Å². The van der Waals surface area contributed by atoms with Crippen LogP contribution in [0.25, 0.3) is 0 Å². The largest absolute Gasteiger partial charge is 0.451 e. The van der Waals surface area contributed by atoms with E-state index in [9.17, 15) is 14.4 Å². The Bertz CT molecular complexity index is 637. The van der Waals surface area contributed by atoms with E-state index in [0.29, 0.717) is 18.7 Å². The van der Waals surface area contributed by atoms with Crippen LogP contribution in [0.4, 0.5) is 0 Å². The van der Waals surface area contributed by atoms with E-state index < -0.39 is 18.1 Å². The van der Waals surface area contributed by atoms with Crippen LogP contribution < -0.4 is 5.32 Å². The minimum atomic E-state index is -0.856. The SMILES string of the molecule is CC(C)[C@H](NC(=O)c1ccccc1)C(=O)O[C@H](C)C(=O)N1CCCCCC1. The fourth-order valence-electron chi connectivity index (χ4n) is 3.16. The summed E-state index contributed by atoms with van der Waals surface area (Å²) in [6, 6.07) is 7.91. The molecule has 0 bridgehead atoms. The number of esters is 1. The Balaban J connectivity index is 1.97. The first kappa shape index (κ1) is 20.9. The van der Waals surface area contributed by atoms with Gasteiger partial charge in [-0.1, -0.05) is 44.9 Å². The predicted octanol–water partition coefficient (Wildman–Crippen LogP) is 2.78. The molecule has 0 saturated carbocycles. The van der Waals surface area contributed by atoms with Gasteiger partial charge in [-0.05, 0) is 37.8 Å². The first-order valence-electron chi connectivity index (χ1n) is 9.75. The van der Waals surface area contributed by atoms with Gasteiger partial charge in [0, 0.05) is 18.7 Å². The summed E-state index contributed by atoms with van der Waals surface area (Å²) in [5.41, 5.74) is 0.477. The Kier molecular flexibility index (Phi) is 7.82. The Morgan fingerprint density at radius 1 is 0.963 bits per heavy atom. The molecule has 1 heterocycles. The van der Waals surface area contributed by atoms with Gasteiger partial charge >= 0.3 is 5.97 Å². The number of hydrogen-bond donors (Lipinski definition) is 1. The summed E-state index contributed by atoms with van der Waals surface area (Å²) in [5, 5.41) is 2.73.